The van der Waals surface area contributed by atoms with Crippen molar-refractivity contribution in [1.29, 1.82) is 0 Å². The van der Waals surface area contributed by atoms with Crippen molar-refractivity contribution in [2.45, 2.75) is 25.7 Å². The molecule has 0 saturated heterocycles. The Balaban J connectivity index is 2.17. The highest BCUT2D eigenvalue weighted by Crippen LogP contribution is 2.34. The van der Waals surface area contributed by atoms with Crippen molar-refractivity contribution in [3.05, 3.63) is 0 Å². The van der Waals surface area contributed by atoms with Crippen LogP contribution in [0.5, 0.6) is 0 Å². The van der Waals surface area contributed by atoms with E-state index in [9.17, 15) is 0 Å². The molecule has 3 N–H and O–H groups in total. The molecule has 1 aliphatic rings. The van der Waals surface area contributed by atoms with Gasteiger partial charge in [-0.3, -0.25) is 0 Å². The average Bonchev–Trinajstić information content (AvgIpc) is 1.83. The first-order valence-corrected chi connectivity index (χ1v) is 4.19. The van der Waals surface area contributed by atoms with E-state index in [0.717, 1.165) is 18.9 Å². The smallest absolute Gasteiger partial charge is 0.0462 e. The molecule has 0 aromatic carbocycles. The summed E-state index contributed by atoms with van der Waals surface area (Å²) in [6.07, 6.45) is 4.98. The first-order chi connectivity index (χ1) is 4.88. The van der Waals surface area contributed by atoms with Gasteiger partial charge in [0.05, 0.1) is 0 Å². The fourth-order valence-electron chi connectivity index (χ4n) is 1.60. The van der Waals surface area contributed by atoms with Crippen LogP contribution in [0.3, 0.4) is 0 Å². The van der Waals surface area contributed by atoms with Crippen molar-refractivity contribution in [1.82, 2.24) is 0 Å². The molecule has 1 aliphatic carbocycles. The van der Waals surface area contributed by atoms with Crippen LogP contribution in [0.15, 0.2) is 0 Å². The second kappa shape index (κ2) is 3.94. The zero-order valence-electron chi connectivity index (χ0n) is 6.42. The SMILES string of the molecule is NCCC(CO)C1CCC1. The molecule has 2 heteroatoms. The molecule has 1 fully saturated rings. The minimum atomic E-state index is 0.335. The molecule has 2 nitrogen and oxygen atoms in total. The Morgan fingerprint density at radius 1 is 1.50 bits per heavy atom. The van der Waals surface area contributed by atoms with Crippen molar-refractivity contribution >= 4 is 0 Å². The Morgan fingerprint density at radius 3 is 2.50 bits per heavy atom. The lowest BCUT2D eigenvalue weighted by Crippen LogP contribution is -2.26. The normalized spacial score (nSPS) is 22.2. The van der Waals surface area contributed by atoms with Gasteiger partial charge >= 0.3 is 0 Å². The second-order valence-corrected chi connectivity index (χ2v) is 3.21. The van der Waals surface area contributed by atoms with Gasteiger partial charge in [0.1, 0.15) is 0 Å². The number of rotatable bonds is 4. The maximum absolute atomic E-state index is 8.94. The fourth-order valence-corrected chi connectivity index (χ4v) is 1.60. The molecular weight excluding hydrogens is 126 g/mol. The highest BCUT2D eigenvalue weighted by molar-refractivity contribution is 4.77. The van der Waals surface area contributed by atoms with Crippen molar-refractivity contribution in [3.63, 3.8) is 0 Å². The summed E-state index contributed by atoms with van der Waals surface area (Å²) in [5.74, 6) is 1.28. The third kappa shape index (κ3) is 1.70. The van der Waals surface area contributed by atoms with Gasteiger partial charge in [-0.05, 0) is 24.8 Å². The van der Waals surface area contributed by atoms with Gasteiger partial charge in [-0.15, -0.1) is 0 Å². The molecule has 0 aromatic rings. The largest absolute Gasteiger partial charge is 0.396 e. The van der Waals surface area contributed by atoms with E-state index in [-0.39, 0.29) is 0 Å². The predicted octanol–water partition coefficient (Wildman–Crippen LogP) is 0.744. The Morgan fingerprint density at radius 2 is 2.20 bits per heavy atom. The Labute approximate surface area is 62.4 Å². The van der Waals surface area contributed by atoms with Crippen LogP contribution in [0.4, 0.5) is 0 Å². The fraction of sp³-hybridized carbons (Fsp3) is 1.00. The summed E-state index contributed by atoms with van der Waals surface area (Å²) in [7, 11) is 0. The summed E-state index contributed by atoms with van der Waals surface area (Å²) < 4.78 is 0. The van der Waals surface area contributed by atoms with Crippen molar-refractivity contribution < 1.29 is 5.11 Å². The first-order valence-electron chi connectivity index (χ1n) is 4.19. The predicted molar refractivity (Wildman–Crippen MR) is 41.6 cm³/mol. The third-order valence-electron chi connectivity index (χ3n) is 2.59. The molecule has 60 valence electrons. The first kappa shape index (κ1) is 8.02. The van der Waals surface area contributed by atoms with Gasteiger partial charge in [0.25, 0.3) is 0 Å². The summed E-state index contributed by atoms with van der Waals surface area (Å²) >= 11 is 0. The molecule has 0 aromatic heterocycles. The Kier molecular flexibility index (Phi) is 3.16. The van der Waals surface area contributed by atoms with E-state index in [1.54, 1.807) is 0 Å². The molecule has 10 heavy (non-hydrogen) atoms. The summed E-state index contributed by atoms with van der Waals surface area (Å²) in [5, 5.41) is 8.94. The van der Waals surface area contributed by atoms with Crippen LogP contribution in [0.2, 0.25) is 0 Å². The van der Waals surface area contributed by atoms with E-state index in [1.807, 2.05) is 0 Å². The number of aliphatic hydroxyl groups is 1. The number of hydrogen-bond acceptors (Lipinski definition) is 2. The van der Waals surface area contributed by atoms with Crippen LogP contribution in [0, 0.1) is 11.8 Å². The minimum Gasteiger partial charge on any atom is -0.396 e. The van der Waals surface area contributed by atoms with E-state index < -0.39 is 0 Å². The van der Waals surface area contributed by atoms with Crippen LogP contribution < -0.4 is 5.73 Å². The summed E-state index contributed by atoms with van der Waals surface area (Å²) in [6, 6.07) is 0. The quantitative estimate of drug-likeness (QED) is 0.610. The summed E-state index contributed by atoms with van der Waals surface area (Å²) in [6.45, 7) is 1.06. The van der Waals surface area contributed by atoms with Gasteiger partial charge in [-0.1, -0.05) is 19.3 Å². The topological polar surface area (TPSA) is 46.2 Å². The molecule has 0 heterocycles. The molecule has 1 atom stereocenters. The number of nitrogens with two attached hydrogens (primary N) is 1. The van der Waals surface area contributed by atoms with Crippen molar-refractivity contribution in [2.75, 3.05) is 13.2 Å². The molecular formula is C8H17NO. The second-order valence-electron chi connectivity index (χ2n) is 3.21. The zero-order chi connectivity index (χ0) is 7.40. The lowest BCUT2D eigenvalue weighted by atomic mass is 9.75. The van der Waals surface area contributed by atoms with E-state index in [1.165, 1.54) is 19.3 Å². The van der Waals surface area contributed by atoms with E-state index in [0.29, 0.717) is 12.5 Å². The van der Waals surface area contributed by atoms with E-state index >= 15 is 0 Å². The minimum absolute atomic E-state index is 0.335. The molecule has 1 saturated carbocycles. The average molecular weight is 143 g/mol. The molecule has 0 bridgehead atoms. The molecule has 0 aliphatic heterocycles. The molecule has 0 radical (unpaired) electrons. The number of aliphatic hydroxyl groups excluding tert-OH is 1. The van der Waals surface area contributed by atoms with Crippen LogP contribution >= 0.6 is 0 Å². The lowest BCUT2D eigenvalue weighted by molar-refractivity contribution is 0.118. The van der Waals surface area contributed by atoms with Gasteiger partial charge in [0.2, 0.25) is 0 Å². The highest BCUT2D eigenvalue weighted by atomic mass is 16.3. The van der Waals surface area contributed by atoms with Gasteiger partial charge in [-0.25, -0.2) is 0 Å². The maximum atomic E-state index is 8.94. The zero-order valence-corrected chi connectivity index (χ0v) is 6.42. The molecule has 0 amide bonds. The van der Waals surface area contributed by atoms with Gasteiger partial charge in [0, 0.05) is 6.61 Å². The third-order valence-corrected chi connectivity index (χ3v) is 2.59. The standard InChI is InChI=1S/C8H17NO/c9-5-4-8(6-10)7-2-1-3-7/h7-8,10H,1-6,9H2. The molecule has 0 spiro atoms. The van der Waals surface area contributed by atoms with Crippen LogP contribution in [0.25, 0.3) is 0 Å². The van der Waals surface area contributed by atoms with Crippen LogP contribution in [-0.2, 0) is 0 Å². The van der Waals surface area contributed by atoms with Crippen molar-refractivity contribution in [2.24, 2.45) is 17.6 Å². The number of hydrogen-bond donors (Lipinski definition) is 2. The Bertz CT molecular complexity index is 91.3. The lowest BCUT2D eigenvalue weighted by Gasteiger charge is -2.32. The Hall–Kier alpha value is -0.0800. The van der Waals surface area contributed by atoms with Gasteiger partial charge in [0.15, 0.2) is 0 Å². The van der Waals surface area contributed by atoms with Crippen LogP contribution in [0.1, 0.15) is 25.7 Å². The van der Waals surface area contributed by atoms with Gasteiger partial charge < -0.3 is 10.8 Å². The van der Waals surface area contributed by atoms with Crippen LogP contribution in [-0.4, -0.2) is 18.3 Å². The van der Waals surface area contributed by atoms with Gasteiger partial charge in [-0.2, -0.15) is 0 Å². The van der Waals surface area contributed by atoms with Crippen molar-refractivity contribution in [3.8, 4) is 0 Å². The highest BCUT2D eigenvalue weighted by Gasteiger charge is 2.25. The summed E-state index contributed by atoms with van der Waals surface area (Å²) in [4.78, 5) is 0. The summed E-state index contributed by atoms with van der Waals surface area (Å²) in [5.41, 5.74) is 5.41. The maximum Gasteiger partial charge on any atom is 0.0462 e. The molecule has 1 rings (SSSR count). The molecule has 1 unspecified atom stereocenters. The van der Waals surface area contributed by atoms with E-state index in [2.05, 4.69) is 0 Å². The van der Waals surface area contributed by atoms with E-state index in [4.69, 9.17) is 10.8 Å². The monoisotopic (exact) mass is 143 g/mol.